The van der Waals surface area contributed by atoms with Crippen molar-refractivity contribution < 1.29 is 32.6 Å². The van der Waals surface area contributed by atoms with Crippen LogP contribution in [0.3, 0.4) is 0 Å². The number of esters is 1. The minimum atomic E-state index is -3.18. The first-order chi connectivity index (χ1) is 14.0. The Labute approximate surface area is 166 Å². The van der Waals surface area contributed by atoms with Crippen LogP contribution in [0.4, 0.5) is 14.5 Å². The molecule has 9 heteroatoms. The van der Waals surface area contributed by atoms with Gasteiger partial charge in [-0.05, 0) is 24.3 Å². The van der Waals surface area contributed by atoms with Gasteiger partial charge in [-0.1, -0.05) is 24.3 Å². The summed E-state index contributed by atoms with van der Waals surface area (Å²) in [6.45, 7) is -3.72. The maximum Gasteiger partial charge on any atom is 0.387 e. The lowest BCUT2D eigenvalue weighted by atomic mass is 10.2. The van der Waals surface area contributed by atoms with E-state index in [0.29, 0.717) is 5.69 Å². The number of carbonyl (C=O) groups is 2. The number of nitrogens with zero attached hydrogens (tertiary/aromatic N) is 2. The number of hydrogen-bond donors (Lipinski definition) is 0. The number of methoxy groups -OCH3 is 1. The number of para-hydroxylation sites is 2. The predicted molar refractivity (Wildman–Crippen MR) is 98.9 cm³/mol. The summed E-state index contributed by atoms with van der Waals surface area (Å²) in [5, 5.41) is 8.80. The van der Waals surface area contributed by atoms with Gasteiger partial charge in [-0.25, -0.2) is 4.79 Å². The molecule has 0 unspecified atom stereocenters. The first kappa shape index (κ1) is 21.6. The van der Waals surface area contributed by atoms with Crippen molar-refractivity contribution >= 4 is 17.6 Å². The summed E-state index contributed by atoms with van der Waals surface area (Å²) in [6.07, 6.45) is 0.0802. The molecule has 2 aromatic carbocycles. The molecule has 0 atom stereocenters. The van der Waals surface area contributed by atoms with E-state index >= 15 is 0 Å². The summed E-state index contributed by atoms with van der Waals surface area (Å²) in [5.41, 5.74) is 0.229. The molecule has 0 saturated carbocycles. The van der Waals surface area contributed by atoms with E-state index in [1.807, 2.05) is 6.07 Å². The highest BCUT2D eigenvalue weighted by molar-refractivity contribution is 5.98. The highest BCUT2D eigenvalue weighted by Crippen LogP contribution is 2.33. The van der Waals surface area contributed by atoms with E-state index in [1.165, 1.54) is 30.2 Å². The van der Waals surface area contributed by atoms with Gasteiger partial charge in [0.2, 0.25) is 0 Å². The van der Waals surface area contributed by atoms with Crippen molar-refractivity contribution in [3.8, 4) is 17.6 Å². The van der Waals surface area contributed by atoms with Crippen LogP contribution in [0.5, 0.6) is 11.5 Å². The summed E-state index contributed by atoms with van der Waals surface area (Å²) in [7, 11) is 1.24. The second kappa shape index (κ2) is 10.6. The molecule has 0 N–H and O–H groups in total. The predicted octanol–water partition coefficient (Wildman–Crippen LogP) is 3.40. The zero-order valence-electron chi connectivity index (χ0n) is 15.5. The van der Waals surface area contributed by atoms with Gasteiger partial charge < -0.3 is 19.1 Å². The molecule has 0 spiro atoms. The van der Waals surface area contributed by atoms with Crippen LogP contribution in [0.25, 0.3) is 0 Å². The van der Waals surface area contributed by atoms with Crippen LogP contribution in [0.2, 0.25) is 0 Å². The quantitative estimate of drug-likeness (QED) is 0.595. The molecule has 29 heavy (non-hydrogen) atoms. The third-order valence-electron chi connectivity index (χ3n) is 3.77. The van der Waals surface area contributed by atoms with Gasteiger partial charge in [0.1, 0.15) is 5.56 Å². The second-order valence-corrected chi connectivity index (χ2v) is 5.58. The molecule has 152 valence electrons. The molecular weight excluding hydrogens is 386 g/mol. The van der Waals surface area contributed by atoms with Gasteiger partial charge in [0.25, 0.3) is 5.91 Å². The van der Waals surface area contributed by atoms with Crippen molar-refractivity contribution in [3.63, 3.8) is 0 Å². The summed E-state index contributed by atoms with van der Waals surface area (Å²) in [5.74, 6) is -2.15. The molecule has 0 bridgehead atoms. The number of nitriles is 1. The Kier molecular flexibility index (Phi) is 7.91. The van der Waals surface area contributed by atoms with Crippen molar-refractivity contribution in [2.45, 2.75) is 13.0 Å². The Morgan fingerprint density at radius 1 is 1.14 bits per heavy atom. The minimum Gasteiger partial charge on any atom is -0.493 e. The smallest absolute Gasteiger partial charge is 0.387 e. The summed E-state index contributed by atoms with van der Waals surface area (Å²) < 4.78 is 39.7. The van der Waals surface area contributed by atoms with E-state index in [9.17, 15) is 18.4 Å². The highest BCUT2D eigenvalue weighted by Gasteiger charge is 2.23. The van der Waals surface area contributed by atoms with Gasteiger partial charge in [-0.3, -0.25) is 4.79 Å². The molecule has 0 aliphatic heterocycles. The Morgan fingerprint density at radius 3 is 2.48 bits per heavy atom. The minimum absolute atomic E-state index is 0.0778. The number of carbonyl (C=O) groups excluding carboxylic acids is 2. The fourth-order valence-corrected chi connectivity index (χ4v) is 2.50. The number of ether oxygens (including phenoxy) is 3. The number of halogens is 2. The van der Waals surface area contributed by atoms with Crippen LogP contribution >= 0.6 is 0 Å². The first-order valence-electron chi connectivity index (χ1n) is 8.49. The van der Waals surface area contributed by atoms with Gasteiger partial charge in [-0.2, -0.15) is 14.0 Å². The molecule has 7 nitrogen and oxygen atoms in total. The molecule has 0 aromatic heterocycles. The van der Waals surface area contributed by atoms with E-state index < -0.39 is 30.8 Å². The highest BCUT2D eigenvalue weighted by atomic mass is 19.3. The van der Waals surface area contributed by atoms with E-state index in [0.717, 1.165) is 0 Å². The van der Waals surface area contributed by atoms with Crippen molar-refractivity contribution in [2.75, 3.05) is 25.2 Å². The lowest BCUT2D eigenvalue weighted by Gasteiger charge is -2.21. The molecule has 0 saturated heterocycles. The SMILES string of the molecule is COc1cccc(C(=O)OCC(=O)N(CCC#N)c2ccccc2)c1OC(F)F. The average molecular weight is 404 g/mol. The topological polar surface area (TPSA) is 88.9 Å². The Morgan fingerprint density at radius 2 is 1.86 bits per heavy atom. The number of rotatable bonds is 9. The van der Waals surface area contributed by atoms with Crippen molar-refractivity contribution in [1.29, 1.82) is 5.26 Å². The number of alkyl halides is 2. The maximum absolute atomic E-state index is 12.7. The van der Waals surface area contributed by atoms with Crippen molar-refractivity contribution in [1.82, 2.24) is 0 Å². The fourth-order valence-electron chi connectivity index (χ4n) is 2.50. The maximum atomic E-state index is 12.7. The number of amides is 1. The zero-order chi connectivity index (χ0) is 21.2. The molecule has 0 radical (unpaired) electrons. The van der Waals surface area contributed by atoms with Crippen molar-refractivity contribution in [3.05, 3.63) is 54.1 Å². The van der Waals surface area contributed by atoms with Gasteiger partial charge in [0.05, 0.1) is 19.6 Å². The van der Waals surface area contributed by atoms with E-state index in [4.69, 9.17) is 14.7 Å². The van der Waals surface area contributed by atoms with E-state index in [2.05, 4.69) is 4.74 Å². The van der Waals surface area contributed by atoms with Crippen molar-refractivity contribution in [2.24, 2.45) is 0 Å². The van der Waals surface area contributed by atoms with Gasteiger partial charge in [0.15, 0.2) is 18.1 Å². The normalized spacial score (nSPS) is 10.2. The molecule has 2 rings (SSSR count). The number of benzene rings is 2. The molecule has 0 heterocycles. The summed E-state index contributed by atoms with van der Waals surface area (Å²) >= 11 is 0. The van der Waals surface area contributed by atoms with Gasteiger partial charge >= 0.3 is 12.6 Å². The Bertz CT molecular complexity index is 884. The van der Waals surface area contributed by atoms with Crippen LogP contribution in [0.1, 0.15) is 16.8 Å². The lowest BCUT2D eigenvalue weighted by molar-refractivity contribution is -0.121. The van der Waals surface area contributed by atoms with Crippen LogP contribution in [-0.4, -0.2) is 38.7 Å². The van der Waals surface area contributed by atoms with Crippen LogP contribution in [0.15, 0.2) is 48.5 Å². The zero-order valence-corrected chi connectivity index (χ0v) is 15.5. The molecule has 0 aliphatic carbocycles. The molecule has 2 aromatic rings. The number of hydrogen-bond acceptors (Lipinski definition) is 6. The van der Waals surface area contributed by atoms with Crippen LogP contribution in [0, 0.1) is 11.3 Å². The lowest BCUT2D eigenvalue weighted by Crippen LogP contribution is -2.35. The van der Waals surface area contributed by atoms with Gasteiger partial charge in [0, 0.05) is 12.2 Å². The first-order valence-corrected chi connectivity index (χ1v) is 8.49. The monoisotopic (exact) mass is 404 g/mol. The average Bonchev–Trinajstić information content (AvgIpc) is 2.72. The molecular formula is C20H18F2N2O5. The third-order valence-corrected chi connectivity index (χ3v) is 3.77. The van der Waals surface area contributed by atoms with E-state index in [-0.39, 0.29) is 24.3 Å². The standard InChI is InChI=1S/C20H18F2N2O5/c1-27-16-10-5-9-15(18(16)29-20(21)22)19(26)28-13-17(25)24(12-6-11-23)14-7-3-2-4-8-14/h2-5,7-10,20H,6,12-13H2,1H3. The molecule has 0 aliphatic rings. The Hall–Kier alpha value is -3.67. The summed E-state index contributed by atoms with van der Waals surface area (Å²) in [6, 6.07) is 14.5. The van der Waals surface area contributed by atoms with E-state index in [1.54, 1.807) is 30.3 Å². The molecule has 0 fully saturated rings. The fraction of sp³-hybridized carbons (Fsp3) is 0.250. The largest absolute Gasteiger partial charge is 0.493 e. The Balaban J connectivity index is 2.15. The molecule has 1 amide bonds. The summed E-state index contributed by atoms with van der Waals surface area (Å²) in [4.78, 5) is 26.2. The van der Waals surface area contributed by atoms with Gasteiger partial charge in [-0.15, -0.1) is 0 Å². The van der Waals surface area contributed by atoms with Crippen LogP contribution in [-0.2, 0) is 9.53 Å². The third kappa shape index (κ3) is 5.90. The second-order valence-electron chi connectivity index (χ2n) is 5.58. The van der Waals surface area contributed by atoms with Crippen LogP contribution < -0.4 is 14.4 Å². The number of anilines is 1.